The van der Waals surface area contributed by atoms with Crippen LogP contribution < -0.4 is 5.32 Å². The van der Waals surface area contributed by atoms with Crippen LogP contribution in [0.4, 0.5) is 0 Å². The molecule has 2 atom stereocenters. The lowest BCUT2D eigenvalue weighted by molar-refractivity contribution is 0.0883. The molecule has 76 valence electrons. The van der Waals surface area contributed by atoms with Gasteiger partial charge in [-0.1, -0.05) is 0 Å². The van der Waals surface area contributed by atoms with Crippen LogP contribution in [0.2, 0.25) is 0 Å². The zero-order valence-electron chi connectivity index (χ0n) is 8.37. The van der Waals surface area contributed by atoms with Gasteiger partial charge in [0.1, 0.15) is 0 Å². The second kappa shape index (κ2) is 3.95. The van der Waals surface area contributed by atoms with E-state index in [-0.39, 0.29) is 0 Å². The largest absolute Gasteiger partial charge is 0.396 e. The molecule has 0 aromatic carbocycles. The minimum atomic E-state index is 0.328. The second-order valence-corrected chi connectivity index (χ2v) is 4.35. The smallest absolute Gasteiger partial charge is 0.0486 e. The summed E-state index contributed by atoms with van der Waals surface area (Å²) in [5.41, 5.74) is 0. The number of nitrogens with one attached hydrogen (secondary N) is 1. The van der Waals surface area contributed by atoms with E-state index in [0.717, 1.165) is 12.6 Å². The minimum absolute atomic E-state index is 0.328. The van der Waals surface area contributed by atoms with Crippen molar-refractivity contribution in [2.75, 3.05) is 26.7 Å². The monoisotopic (exact) mass is 184 g/mol. The predicted molar refractivity (Wildman–Crippen MR) is 52.6 cm³/mol. The standard InChI is InChI=1S/C10H20N2O/c1-11-10-4-5-12(9-2-3-9)6-8(10)7-13/h8-11,13H,2-7H2,1H3. The van der Waals surface area contributed by atoms with Gasteiger partial charge in [-0.15, -0.1) is 0 Å². The van der Waals surface area contributed by atoms with E-state index in [1.165, 1.54) is 25.8 Å². The highest BCUT2D eigenvalue weighted by atomic mass is 16.3. The molecule has 2 N–H and O–H groups in total. The van der Waals surface area contributed by atoms with Gasteiger partial charge < -0.3 is 10.4 Å². The highest BCUT2D eigenvalue weighted by Gasteiger charge is 2.35. The number of nitrogens with zero attached hydrogens (tertiary/aromatic N) is 1. The number of likely N-dealkylation sites (tertiary alicyclic amines) is 1. The van der Waals surface area contributed by atoms with Crippen molar-refractivity contribution in [1.82, 2.24) is 10.2 Å². The first-order valence-electron chi connectivity index (χ1n) is 5.37. The fourth-order valence-electron chi connectivity index (χ4n) is 2.40. The average Bonchev–Trinajstić information content (AvgIpc) is 3.00. The third kappa shape index (κ3) is 2.03. The molecule has 0 bridgehead atoms. The van der Waals surface area contributed by atoms with Crippen LogP contribution in [-0.4, -0.2) is 48.8 Å². The molecule has 0 amide bonds. The molecule has 1 heterocycles. The normalized spacial score (nSPS) is 36.5. The molecule has 3 nitrogen and oxygen atoms in total. The third-order valence-electron chi connectivity index (χ3n) is 3.43. The molecule has 1 saturated heterocycles. The van der Waals surface area contributed by atoms with E-state index in [4.69, 9.17) is 0 Å². The molecule has 3 heteroatoms. The van der Waals surface area contributed by atoms with Gasteiger partial charge in [-0.05, 0) is 32.9 Å². The van der Waals surface area contributed by atoms with Crippen molar-refractivity contribution < 1.29 is 5.11 Å². The van der Waals surface area contributed by atoms with Crippen molar-refractivity contribution in [3.05, 3.63) is 0 Å². The summed E-state index contributed by atoms with van der Waals surface area (Å²) in [6.07, 6.45) is 3.95. The number of hydrogen-bond donors (Lipinski definition) is 2. The van der Waals surface area contributed by atoms with Gasteiger partial charge in [0.05, 0.1) is 0 Å². The van der Waals surface area contributed by atoms with Crippen molar-refractivity contribution in [1.29, 1.82) is 0 Å². The summed E-state index contributed by atoms with van der Waals surface area (Å²) in [5.74, 6) is 0.444. The molecule has 2 aliphatic rings. The molecule has 0 radical (unpaired) electrons. The number of piperidine rings is 1. The molecule has 0 aromatic rings. The molecule has 1 aliphatic heterocycles. The van der Waals surface area contributed by atoms with Crippen LogP contribution in [0.5, 0.6) is 0 Å². The first kappa shape index (κ1) is 9.44. The van der Waals surface area contributed by atoms with Crippen LogP contribution >= 0.6 is 0 Å². The fraction of sp³-hybridized carbons (Fsp3) is 1.00. The summed E-state index contributed by atoms with van der Waals surface area (Å²) in [6, 6.07) is 1.38. The van der Waals surface area contributed by atoms with E-state index in [1.807, 2.05) is 7.05 Å². The van der Waals surface area contributed by atoms with E-state index in [9.17, 15) is 5.11 Å². The van der Waals surface area contributed by atoms with Crippen molar-refractivity contribution in [3.63, 3.8) is 0 Å². The molecule has 2 unspecified atom stereocenters. The molecule has 1 saturated carbocycles. The first-order chi connectivity index (χ1) is 6.35. The predicted octanol–water partition coefficient (Wildman–Crippen LogP) is 0.0510. The molecule has 2 rings (SSSR count). The van der Waals surface area contributed by atoms with E-state index in [1.54, 1.807) is 0 Å². The Hall–Kier alpha value is -0.120. The van der Waals surface area contributed by atoms with Crippen LogP contribution in [0.3, 0.4) is 0 Å². The summed E-state index contributed by atoms with van der Waals surface area (Å²) in [7, 11) is 2.00. The maximum atomic E-state index is 9.25. The van der Waals surface area contributed by atoms with E-state index in [2.05, 4.69) is 10.2 Å². The Bertz CT molecular complexity index is 170. The zero-order chi connectivity index (χ0) is 9.26. The Morgan fingerprint density at radius 2 is 2.15 bits per heavy atom. The number of hydrogen-bond acceptors (Lipinski definition) is 3. The Morgan fingerprint density at radius 1 is 1.38 bits per heavy atom. The van der Waals surface area contributed by atoms with Gasteiger partial charge >= 0.3 is 0 Å². The Balaban J connectivity index is 1.88. The number of aliphatic hydroxyl groups excluding tert-OH is 1. The molecule has 13 heavy (non-hydrogen) atoms. The highest BCUT2D eigenvalue weighted by Crippen LogP contribution is 2.30. The third-order valence-corrected chi connectivity index (χ3v) is 3.43. The van der Waals surface area contributed by atoms with Crippen LogP contribution in [0.1, 0.15) is 19.3 Å². The lowest BCUT2D eigenvalue weighted by Crippen LogP contribution is -2.50. The van der Waals surface area contributed by atoms with Gasteiger partial charge in [0.2, 0.25) is 0 Å². The lowest BCUT2D eigenvalue weighted by Gasteiger charge is -2.37. The Kier molecular flexibility index (Phi) is 2.86. The van der Waals surface area contributed by atoms with Crippen LogP contribution in [-0.2, 0) is 0 Å². The first-order valence-corrected chi connectivity index (χ1v) is 5.37. The van der Waals surface area contributed by atoms with Crippen molar-refractivity contribution in [2.45, 2.75) is 31.3 Å². The topological polar surface area (TPSA) is 35.5 Å². The van der Waals surface area contributed by atoms with Crippen LogP contribution in [0, 0.1) is 5.92 Å². The van der Waals surface area contributed by atoms with Crippen LogP contribution in [0.25, 0.3) is 0 Å². The average molecular weight is 184 g/mol. The quantitative estimate of drug-likeness (QED) is 0.650. The van der Waals surface area contributed by atoms with Crippen molar-refractivity contribution >= 4 is 0 Å². The fourth-order valence-corrected chi connectivity index (χ4v) is 2.40. The van der Waals surface area contributed by atoms with Gasteiger partial charge in [0.15, 0.2) is 0 Å². The number of aliphatic hydroxyl groups is 1. The summed E-state index contributed by atoms with van der Waals surface area (Å²) < 4.78 is 0. The Morgan fingerprint density at radius 3 is 2.69 bits per heavy atom. The number of rotatable bonds is 3. The second-order valence-electron chi connectivity index (χ2n) is 4.35. The van der Waals surface area contributed by atoms with E-state index < -0.39 is 0 Å². The van der Waals surface area contributed by atoms with Gasteiger partial charge in [-0.25, -0.2) is 0 Å². The Labute approximate surface area is 80.1 Å². The van der Waals surface area contributed by atoms with E-state index >= 15 is 0 Å². The summed E-state index contributed by atoms with van der Waals surface area (Å²) in [4.78, 5) is 2.55. The molecular weight excluding hydrogens is 164 g/mol. The van der Waals surface area contributed by atoms with E-state index in [0.29, 0.717) is 18.6 Å². The molecule has 2 fully saturated rings. The zero-order valence-corrected chi connectivity index (χ0v) is 8.37. The molecule has 0 aromatic heterocycles. The highest BCUT2D eigenvalue weighted by molar-refractivity contribution is 4.92. The summed E-state index contributed by atoms with van der Waals surface area (Å²) >= 11 is 0. The molecule has 1 aliphatic carbocycles. The van der Waals surface area contributed by atoms with Gasteiger partial charge in [0.25, 0.3) is 0 Å². The maximum Gasteiger partial charge on any atom is 0.0486 e. The maximum absolute atomic E-state index is 9.25. The van der Waals surface area contributed by atoms with Crippen molar-refractivity contribution in [2.24, 2.45) is 5.92 Å². The van der Waals surface area contributed by atoms with Gasteiger partial charge in [-0.2, -0.15) is 0 Å². The SMILES string of the molecule is CNC1CCN(C2CC2)CC1CO. The molecular formula is C10H20N2O. The summed E-state index contributed by atoms with van der Waals surface area (Å²) in [6.45, 7) is 2.63. The summed E-state index contributed by atoms with van der Waals surface area (Å²) in [5, 5.41) is 12.5. The van der Waals surface area contributed by atoms with Crippen molar-refractivity contribution in [3.8, 4) is 0 Å². The van der Waals surface area contributed by atoms with Gasteiger partial charge in [-0.3, -0.25) is 4.90 Å². The lowest BCUT2D eigenvalue weighted by atomic mass is 9.93. The molecule has 0 spiro atoms. The van der Waals surface area contributed by atoms with Gasteiger partial charge in [0, 0.05) is 31.2 Å². The minimum Gasteiger partial charge on any atom is -0.396 e. The van der Waals surface area contributed by atoms with Crippen LogP contribution in [0.15, 0.2) is 0 Å².